The van der Waals surface area contributed by atoms with Crippen molar-refractivity contribution < 1.29 is 22.8 Å². The number of carbonyl (C=O) groups excluding carboxylic acids is 2. The van der Waals surface area contributed by atoms with Crippen molar-refractivity contribution in [2.75, 3.05) is 31.5 Å². The van der Waals surface area contributed by atoms with Crippen molar-refractivity contribution >= 4 is 28.6 Å². The summed E-state index contributed by atoms with van der Waals surface area (Å²) >= 11 is 0. The Morgan fingerprint density at radius 1 is 1.02 bits per heavy atom. The molecule has 5 aromatic rings. The third-order valence-corrected chi connectivity index (χ3v) is 8.19. The molecule has 1 atom stereocenters. The highest BCUT2D eigenvalue weighted by atomic mass is 19.3. The van der Waals surface area contributed by atoms with Crippen molar-refractivity contribution in [1.29, 1.82) is 0 Å². The van der Waals surface area contributed by atoms with Crippen molar-refractivity contribution in [3.63, 3.8) is 0 Å². The number of aromatic nitrogens is 6. The zero-order chi connectivity index (χ0) is 31.1. The fourth-order valence-electron chi connectivity index (χ4n) is 5.81. The van der Waals surface area contributed by atoms with Gasteiger partial charge < -0.3 is 14.6 Å². The highest BCUT2D eigenvalue weighted by molar-refractivity contribution is 5.95. The van der Waals surface area contributed by atoms with E-state index in [1.54, 1.807) is 48.5 Å². The van der Waals surface area contributed by atoms with Gasteiger partial charge in [0.25, 0.3) is 5.91 Å². The molecule has 45 heavy (non-hydrogen) atoms. The van der Waals surface area contributed by atoms with E-state index in [4.69, 9.17) is 4.42 Å². The van der Waals surface area contributed by atoms with Gasteiger partial charge in [0, 0.05) is 62.4 Å². The van der Waals surface area contributed by atoms with E-state index in [0.29, 0.717) is 54.4 Å². The van der Waals surface area contributed by atoms with Crippen molar-refractivity contribution in [1.82, 2.24) is 40.0 Å². The molecule has 1 saturated carbocycles. The predicted molar refractivity (Wildman–Crippen MR) is 158 cm³/mol. The third-order valence-electron chi connectivity index (χ3n) is 8.19. The summed E-state index contributed by atoms with van der Waals surface area (Å²) in [5.41, 5.74) is 3.29. The highest BCUT2D eigenvalue weighted by Crippen LogP contribution is 2.43. The molecule has 2 aliphatic rings. The van der Waals surface area contributed by atoms with Gasteiger partial charge in [-0.3, -0.25) is 19.5 Å². The maximum atomic E-state index is 13.5. The van der Waals surface area contributed by atoms with Gasteiger partial charge in [0.05, 0.1) is 13.1 Å². The Bertz CT molecular complexity index is 1860. The van der Waals surface area contributed by atoms with Gasteiger partial charge in [-0.1, -0.05) is 30.3 Å². The lowest BCUT2D eigenvalue weighted by Crippen LogP contribution is -2.50. The number of benzene rings is 2. The Hall–Kier alpha value is -5.11. The van der Waals surface area contributed by atoms with E-state index in [1.807, 2.05) is 30.3 Å². The zero-order valence-electron chi connectivity index (χ0n) is 24.3. The average Bonchev–Trinajstić information content (AvgIpc) is 3.66. The topological polar surface area (TPSA) is 135 Å². The third kappa shape index (κ3) is 5.88. The van der Waals surface area contributed by atoms with E-state index in [9.17, 15) is 18.4 Å². The molecule has 2 fully saturated rings. The van der Waals surface area contributed by atoms with Crippen LogP contribution in [0.15, 0.2) is 71.3 Å². The SMILES string of the molecule is Cn1nnc([C@H](c2ccccc2)N2CCN(C(=O)c3cc(-c4nc5cc(NC(=O)C6CC(F)(F)C6)ccc5o4)ccn3)CC2)n1. The number of tetrazole rings is 1. The number of rotatable bonds is 7. The van der Waals surface area contributed by atoms with E-state index < -0.39 is 30.6 Å². The minimum absolute atomic E-state index is 0.186. The van der Waals surface area contributed by atoms with E-state index in [2.05, 4.69) is 35.6 Å². The molecule has 1 aliphatic carbocycles. The van der Waals surface area contributed by atoms with E-state index in [-0.39, 0.29) is 23.5 Å². The van der Waals surface area contributed by atoms with Crippen LogP contribution in [0.25, 0.3) is 22.6 Å². The van der Waals surface area contributed by atoms with Crippen LogP contribution < -0.4 is 5.32 Å². The normalized spacial score (nSPS) is 17.6. The van der Waals surface area contributed by atoms with Gasteiger partial charge in [0.1, 0.15) is 11.2 Å². The monoisotopic (exact) mass is 613 g/mol. The van der Waals surface area contributed by atoms with Crippen molar-refractivity contribution in [3.05, 3.63) is 83.9 Å². The van der Waals surface area contributed by atoms with Gasteiger partial charge in [-0.2, -0.15) is 4.80 Å². The van der Waals surface area contributed by atoms with Gasteiger partial charge in [0.15, 0.2) is 11.4 Å². The van der Waals surface area contributed by atoms with Crippen molar-refractivity contribution in [2.45, 2.75) is 24.8 Å². The van der Waals surface area contributed by atoms with Crippen molar-refractivity contribution in [2.24, 2.45) is 13.0 Å². The first kappa shape index (κ1) is 28.6. The number of pyridine rings is 1. The molecule has 1 N–H and O–H groups in total. The Kier molecular flexibility index (Phi) is 7.28. The van der Waals surface area contributed by atoms with Gasteiger partial charge in [0.2, 0.25) is 17.7 Å². The lowest BCUT2D eigenvalue weighted by atomic mass is 9.81. The Morgan fingerprint density at radius 3 is 2.51 bits per heavy atom. The van der Waals surface area contributed by atoms with Crippen LogP contribution in [0.1, 0.15) is 40.8 Å². The largest absolute Gasteiger partial charge is 0.436 e. The Morgan fingerprint density at radius 2 is 1.80 bits per heavy atom. The summed E-state index contributed by atoms with van der Waals surface area (Å²) in [6, 6.07) is 18.1. The number of halogens is 2. The molecule has 230 valence electrons. The minimum atomic E-state index is -2.77. The lowest BCUT2D eigenvalue weighted by Gasteiger charge is -2.38. The number of hydrogen-bond acceptors (Lipinski definition) is 9. The molecule has 0 bridgehead atoms. The Labute approximate surface area is 256 Å². The molecule has 12 nitrogen and oxygen atoms in total. The second kappa shape index (κ2) is 11.4. The molecule has 3 aromatic heterocycles. The minimum Gasteiger partial charge on any atom is -0.436 e. The summed E-state index contributed by atoms with van der Waals surface area (Å²) in [6.45, 7) is 2.20. The quantitative estimate of drug-likeness (QED) is 0.290. The number of alkyl halides is 2. The van der Waals surface area contributed by atoms with Gasteiger partial charge in [-0.25, -0.2) is 13.8 Å². The van der Waals surface area contributed by atoms with E-state index in [1.165, 1.54) is 4.80 Å². The van der Waals surface area contributed by atoms with Gasteiger partial charge >= 0.3 is 0 Å². The molecule has 7 rings (SSSR count). The summed E-state index contributed by atoms with van der Waals surface area (Å²) in [6.07, 6.45) is 0.657. The molecule has 2 aromatic carbocycles. The highest BCUT2D eigenvalue weighted by Gasteiger charge is 2.48. The smallest absolute Gasteiger partial charge is 0.272 e. The summed E-state index contributed by atoms with van der Waals surface area (Å²) < 4.78 is 32.3. The second-order valence-corrected chi connectivity index (χ2v) is 11.4. The number of carbonyl (C=O) groups is 2. The van der Waals surface area contributed by atoms with Gasteiger partial charge in [-0.05, 0) is 41.1 Å². The maximum absolute atomic E-state index is 13.5. The number of hydrogen-bond donors (Lipinski definition) is 1. The summed E-state index contributed by atoms with van der Waals surface area (Å²) in [7, 11) is 1.73. The van der Waals surface area contributed by atoms with Crippen LogP contribution in [0.5, 0.6) is 0 Å². The maximum Gasteiger partial charge on any atom is 0.272 e. The molecule has 4 heterocycles. The molecule has 1 saturated heterocycles. The predicted octanol–water partition coefficient (Wildman–Crippen LogP) is 3.94. The van der Waals surface area contributed by atoms with Crippen LogP contribution in [-0.4, -0.2) is 83.9 Å². The molecule has 14 heteroatoms. The van der Waals surface area contributed by atoms with E-state index >= 15 is 0 Å². The number of anilines is 1. The van der Waals surface area contributed by atoms with Crippen molar-refractivity contribution in [3.8, 4) is 11.5 Å². The number of nitrogens with one attached hydrogen (secondary N) is 1. The van der Waals surface area contributed by atoms with Crippen LogP contribution in [0.2, 0.25) is 0 Å². The summed E-state index contributed by atoms with van der Waals surface area (Å²) in [5.74, 6) is -3.23. The number of oxazole rings is 1. The molecular weight excluding hydrogens is 584 g/mol. The summed E-state index contributed by atoms with van der Waals surface area (Å²) in [4.78, 5) is 40.2. The number of amides is 2. The Balaban J connectivity index is 1.03. The number of fused-ring (bicyclic) bond motifs is 1. The fourth-order valence-corrected chi connectivity index (χ4v) is 5.81. The first-order valence-electron chi connectivity index (χ1n) is 14.6. The molecular formula is C31H29F2N9O3. The molecule has 0 radical (unpaired) electrons. The number of nitrogens with zero attached hydrogens (tertiary/aromatic N) is 8. The average molecular weight is 614 g/mol. The molecule has 0 spiro atoms. The zero-order valence-corrected chi connectivity index (χ0v) is 24.3. The second-order valence-electron chi connectivity index (χ2n) is 11.4. The summed E-state index contributed by atoms with van der Waals surface area (Å²) in [5, 5.41) is 15.4. The standard InChI is InChI=1S/C31H29F2N9O3/c1-40-38-27(37-39-40)26(19-5-3-2-4-6-19)41-11-13-42(14-12-41)30(44)24-15-20(9-10-34-24)29-36-23-16-22(7-8-25(23)45-29)35-28(43)21-17-31(32,33)18-21/h2-10,15-16,21,26H,11-14,17-18H2,1H3,(H,35,43)/t26-/m0/s1. The van der Waals surface area contributed by atoms with Crippen LogP contribution in [0.4, 0.5) is 14.5 Å². The van der Waals surface area contributed by atoms with Crippen LogP contribution in [-0.2, 0) is 11.8 Å². The van der Waals surface area contributed by atoms with Crippen LogP contribution in [0, 0.1) is 5.92 Å². The van der Waals surface area contributed by atoms with Crippen LogP contribution >= 0.6 is 0 Å². The number of piperazine rings is 1. The van der Waals surface area contributed by atoms with E-state index in [0.717, 1.165) is 5.56 Å². The van der Waals surface area contributed by atoms with Gasteiger partial charge in [-0.15, -0.1) is 10.2 Å². The first-order chi connectivity index (χ1) is 21.7. The molecule has 1 aliphatic heterocycles. The molecule has 2 amide bonds. The molecule has 0 unspecified atom stereocenters. The van der Waals surface area contributed by atoms with Crippen LogP contribution in [0.3, 0.4) is 0 Å². The first-order valence-corrected chi connectivity index (χ1v) is 14.6. The fraction of sp³-hybridized carbons (Fsp3) is 0.323. The number of aryl methyl sites for hydroxylation is 1. The lowest BCUT2D eigenvalue weighted by molar-refractivity contribution is -0.145.